The van der Waals surface area contributed by atoms with Gasteiger partial charge in [0.25, 0.3) is 5.92 Å². The van der Waals surface area contributed by atoms with Crippen LogP contribution in [0.1, 0.15) is 18.9 Å². The molecule has 0 aromatic heterocycles. The third kappa shape index (κ3) is 2.59. The average Bonchev–Trinajstić information content (AvgIpc) is 2.26. The van der Waals surface area contributed by atoms with E-state index < -0.39 is 11.8 Å². The second-order valence-electron chi connectivity index (χ2n) is 4.63. The highest BCUT2D eigenvalue weighted by molar-refractivity contribution is 5.14. The van der Waals surface area contributed by atoms with Crippen LogP contribution in [0.2, 0.25) is 0 Å². The second kappa shape index (κ2) is 4.50. The van der Waals surface area contributed by atoms with Gasteiger partial charge in [-0.05, 0) is 5.56 Å². The molecule has 1 saturated heterocycles. The summed E-state index contributed by atoms with van der Waals surface area (Å²) in [5.74, 6) is -3.02. The molecule has 1 nitrogen and oxygen atoms in total. The molecule has 1 heterocycles. The number of benzene rings is 1. The first-order valence-electron chi connectivity index (χ1n) is 5.72. The van der Waals surface area contributed by atoms with Crippen molar-refractivity contribution in [3.63, 3.8) is 0 Å². The molecule has 1 aliphatic heterocycles. The standard InChI is InChI=1S/C13H17F2N/c1-11-9-16(8-7-13(11,14)15)10-12-5-3-2-4-6-12/h2-6,11H,7-10H2,1H3/t11-/m0/s1. The maximum Gasteiger partial charge on any atom is 0.253 e. The molecule has 0 radical (unpaired) electrons. The van der Waals surface area contributed by atoms with Crippen molar-refractivity contribution in [3.05, 3.63) is 35.9 Å². The largest absolute Gasteiger partial charge is 0.298 e. The number of alkyl halides is 2. The van der Waals surface area contributed by atoms with Crippen LogP contribution >= 0.6 is 0 Å². The van der Waals surface area contributed by atoms with Crippen LogP contribution in [0, 0.1) is 5.92 Å². The van der Waals surface area contributed by atoms with E-state index in [9.17, 15) is 8.78 Å². The summed E-state index contributed by atoms with van der Waals surface area (Å²) in [6.45, 7) is 3.40. The maximum atomic E-state index is 13.3. The number of hydrogen-bond donors (Lipinski definition) is 0. The minimum Gasteiger partial charge on any atom is -0.298 e. The van der Waals surface area contributed by atoms with Crippen molar-refractivity contribution in [2.75, 3.05) is 13.1 Å². The highest BCUT2D eigenvalue weighted by Gasteiger charge is 2.40. The third-order valence-corrected chi connectivity index (χ3v) is 3.26. The summed E-state index contributed by atoms with van der Waals surface area (Å²) in [5.41, 5.74) is 1.19. The highest BCUT2D eigenvalue weighted by atomic mass is 19.3. The van der Waals surface area contributed by atoms with Gasteiger partial charge in [0.05, 0.1) is 0 Å². The van der Waals surface area contributed by atoms with Crippen LogP contribution in [0.15, 0.2) is 30.3 Å². The molecule has 0 bridgehead atoms. The Morgan fingerprint density at radius 2 is 2.00 bits per heavy atom. The molecule has 1 atom stereocenters. The molecule has 1 aliphatic rings. The molecule has 1 aromatic rings. The van der Waals surface area contributed by atoms with Gasteiger partial charge in [0.1, 0.15) is 0 Å². The second-order valence-corrected chi connectivity index (χ2v) is 4.63. The summed E-state index contributed by atoms with van der Waals surface area (Å²) in [5, 5.41) is 0. The molecular formula is C13H17F2N. The summed E-state index contributed by atoms with van der Waals surface area (Å²) in [4.78, 5) is 2.11. The normalized spacial score (nSPS) is 25.6. The van der Waals surface area contributed by atoms with Crippen molar-refractivity contribution in [1.29, 1.82) is 0 Å². The monoisotopic (exact) mass is 225 g/mol. The van der Waals surface area contributed by atoms with Gasteiger partial charge in [-0.15, -0.1) is 0 Å². The summed E-state index contributed by atoms with van der Waals surface area (Å²) in [6, 6.07) is 10.0. The molecule has 2 rings (SSSR count). The van der Waals surface area contributed by atoms with Gasteiger partial charge in [-0.2, -0.15) is 0 Å². The van der Waals surface area contributed by atoms with Crippen molar-refractivity contribution < 1.29 is 8.78 Å². The molecule has 0 N–H and O–H groups in total. The fourth-order valence-corrected chi connectivity index (χ4v) is 2.15. The third-order valence-electron chi connectivity index (χ3n) is 3.26. The molecule has 0 spiro atoms. The molecule has 1 aromatic carbocycles. The molecular weight excluding hydrogens is 208 g/mol. The van der Waals surface area contributed by atoms with Crippen molar-refractivity contribution >= 4 is 0 Å². The predicted molar refractivity (Wildman–Crippen MR) is 60.4 cm³/mol. The summed E-state index contributed by atoms with van der Waals surface area (Å²) in [6.07, 6.45) is -0.0129. The maximum absolute atomic E-state index is 13.3. The van der Waals surface area contributed by atoms with Crippen molar-refractivity contribution in [3.8, 4) is 0 Å². The minimum absolute atomic E-state index is 0.0129. The van der Waals surface area contributed by atoms with Crippen molar-refractivity contribution in [2.24, 2.45) is 5.92 Å². The first kappa shape index (κ1) is 11.5. The topological polar surface area (TPSA) is 3.24 Å². The lowest BCUT2D eigenvalue weighted by molar-refractivity contribution is -0.100. The van der Waals surface area contributed by atoms with Crippen LogP contribution in [0.3, 0.4) is 0 Å². The van der Waals surface area contributed by atoms with Crippen molar-refractivity contribution in [1.82, 2.24) is 4.90 Å². The Morgan fingerprint density at radius 3 is 2.62 bits per heavy atom. The van der Waals surface area contributed by atoms with E-state index in [1.807, 2.05) is 30.3 Å². The number of piperidine rings is 1. The van der Waals surface area contributed by atoms with E-state index in [2.05, 4.69) is 4.90 Å². The number of hydrogen-bond acceptors (Lipinski definition) is 1. The zero-order valence-corrected chi connectivity index (χ0v) is 9.50. The lowest BCUT2D eigenvalue weighted by Gasteiger charge is -2.36. The molecule has 3 heteroatoms. The Balaban J connectivity index is 1.94. The van der Waals surface area contributed by atoms with Gasteiger partial charge >= 0.3 is 0 Å². The first-order chi connectivity index (χ1) is 7.58. The van der Waals surface area contributed by atoms with Gasteiger partial charge in [-0.3, -0.25) is 4.90 Å². The Hall–Kier alpha value is -0.960. The van der Waals surface area contributed by atoms with E-state index in [0.29, 0.717) is 13.1 Å². The number of halogens is 2. The van der Waals surface area contributed by atoms with E-state index >= 15 is 0 Å². The van der Waals surface area contributed by atoms with E-state index in [4.69, 9.17) is 0 Å². The smallest absolute Gasteiger partial charge is 0.253 e. The molecule has 16 heavy (non-hydrogen) atoms. The summed E-state index contributed by atoms with van der Waals surface area (Å²) < 4.78 is 26.6. The molecule has 0 aliphatic carbocycles. The van der Waals surface area contributed by atoms with E-state index in [1.54, 1.807) is 6.92 Å². The molecule has 1 fully saturated rings. The van der Waals surface area contributed by atoms with Crippen LogP contribution < -0.4 is 0 Å². The molecule has 88 valence electrons. The lowest BCUT2D eigenvalue weighted by atomic mass is 9.95. The molecule has 0 amide bonds. The van der Waals surface area contributed by atoms with Gasteiger partial charge in [0, 0.05) is 32.0 Å². The van der Waals surface area contributed by atoms with Gasteiger partial charge in [0.2, 0.25) is 0 Å². The van der Waals surface area contributed by atoms with Gasteiger partial charge in [0.15, 0.2) is 0 Å². The number of rotatable bonds is 2. The van der Waals surface area contributed by atoms with E-state index in [0.717, 1.165) is 6.54 Å². The first-order valence-corrected chi connectivity index (χ1v) is 5.72. The van der Waals surface area contributed by atoms with Crippen LogP contribution in [0.25, 0.3) is 0 Å². The van der Waals surface area contributed by atoms with E-state index in [-0.39, 0.29) is 6.42 Å². The summed E-state index contributed by atoms with van der Waals surface area (Å²) >= 11 is 0. The Bertz CT molecular complexity index is 337. The van der Waals surface area contributed by atoms with Crippen molar-refractivity contribution in [2.45, 2.75) is 25.8 Å². The Kier molecular flexibility index (Phi) is 3.24. The lowest BCUT2D eigenvalue weighted by Crippen LogP contribution is -2.45. The summed E-state index contributed by atoms with van der Waals surface area (Å²) in [7, 11) is 0. The SMILES string of the molecule is C[C@H]1CN(Cc2ccccc2)CCC1(F)F. The fraction of sp³-hybridized carbons (Fsp3) is 0.538. The fourth-order valence-electron chi connectivity index (χ4n) is 2.15. The van der Waals surface area contributed by atoms with Crippen LogP contribution in [-0.2, 0) is 6.54 Å². The van der Waals surface area contributed by atoms with Crippen LogP contribution in [-0.4, -0.2) is 23.9 Å². The molecule has 0 saturated carbocycles. The zero-order chi connectivity index (χ0) is 11.6. The average molecular weight is 225 g/mol. The number of likely N-dealkylation sites (tertiary alicyclic amines) is 1. The Labute approximate surface area is 95.1 Å². The van der Waals surface area contributed by atoms with Gasteiger partial charge in [-0.1, -0.05) is 37.3 Å². The molecule has 0 unspecified atom stereocenters. The van der Waals surface area contributed by atoms with E-state index in [1.165, 1.54) is 5.56 Å². The van der Waals surface area contributed by atoms with Gasteiger partial charge in [-0.25, -0.2) is 8.78 Å². The van der Waals surface area contributed by atoms with Crippen LogP contribution in [0.5, 0.6) is 0 Å². The van der Waals surface area contributed by atoms with Crippen LogP contribution in [0.4, 0.5) is 8.78 Å². The highest BCUT2D eigenvalue weighted by Crippen LogP contribution is 2.33. The number of nitrogens with zero attached hydrogens (tertiary/aromatic N) is 1. The quantitative estimate of drug-likeness (QED) is 0.747. The van der Waals surface area contributed by atoms with Gasteiger partial charge < -0.3 is 0 Å². The predicted octanol–water partition coefficient (Wildman–Crippen LogP) is 3.16. The Morgan fingerprint density at radius 1 is 1.31 bits per heavy atom. The minimum atomic E-state index is -2.48. The zero-order valence-electron chi connectivity index (χ0n) is 9.50.